The van der Waals surface area contributed by atoms with Gasteiger partial charge in [-0.3, -0.25) is 4.79 Å². The van der Waals surface area contributed by atoms with Crippen LogP contribution in [0.15, 0.2) is 18.2 Å². The van der Waals surface area contributed by atoms with Gasteiger partial charge in [0.25, 0.3) is 5.91 Å². The zero-order valence-corrected chi connectivity index (χ0v) is 18.1. The molecule has 3 rings (SSSR count). The van der Waals surface area contributed by atoms with Crippen molar-refractivity contribution in [1.82, 2.24) is 14.8 Å². The van der Waals surface area contributed by atoms with E-state index in [4.69, 9.17) is 4.74 Å². The van der Waals surface area contributed by atoms with E-state index in [1.165, 1.54) is 12.1 Å². The van der Waals surface area contributed by atoms with Gasteiger partial charge in [-0.05, 0) is 64.3 Å². The Labute approximate surface area is 177 Å². The van der Waals surface area contributed by atoms with Crippen molar-refractivity contribution in [3.63, 3.8) is 0 Å². The number of hydrogen-bond acceptors (Lipinski definition) is 4. The van der Waals surface area contributed by atoms with Crippen LogP contribution in [0.1, 0.15) is 55.6 Å². The smallest absolute Gasteiger partial charge is 0.272 e. The van der Waals surface area contributed by atoms with E-state index < -0.39 is 5.82 Å². The van der Waals surface area contributed by atoms with Crippen LogP contribution in [0, 0.1) is 17.1 Å². The van der Waals surface area contributed by atoms with E-state index in [0.29, 0.717) is 24.2 Å². The molecule has 1 saturated heterocycles. The number of piperidine rings is 1. The first-order valence-corrected chi connectivity index (χ1v) is 10.7. The molecule has 1 fully saturated rings. The second kappa shape index (κ2) is 10.1. The van der Waals surface area contributed by atoms with Crippen molar-refractivity contribution < 1.29 is 13.9 Å². The summed E-state index contributed by atoms with van der Waals surface area (Å²) >= 11 is 0. The molecule has 0 spiro atoms. The van der Waals surface area contributed by atoms with Gasteiger partial charge < -0.3 is 19.5 Å². The molecule has 2 aromatic rings. The number of rotatable bonds is 8. The number of methoxy groups -OCH3 is 1. The summed E-state index contributed by atoms with van der Waals surface area (Å²) in [5, 5.41) is 13.8. The third-order valence-electron chi connectivity index (χ3n) is 5.78. The molecular weight excluding hydrogens is 383 g/mol. The number of aryl methyl sites for hydroxylation is 1. The lowest BCUT2D eigenvalue weighted by Crippen LogP contribution is -2.52. The van der Waals surface area contributed by atoms with Crippen molar-refractivity contribution in [2.75, 3.05) is 26.8 Å². The quantitative estimate of drug-likeness (QED) is 0.669. The highest BCUT2D eigenvalue weighted by Crippen LogP contribution is 2.30. The standard InChI is InChI=1S/C23H31FN4O2/c1-16(2)28(18-7-6-10-26-15-18)23(29)22-20(14-25)19-13-17(24)8-9-21(19)27(22)11-4-5-12-30-3/h8-9,13,16,18,26H,4-7,10-12,15H2,1-3H3/t18-/m1/s1. The topological polar surface area (TPSA) is 70.3 Å². The fourth-order valence-corrected chi connectivity index (χ4v) is 4.43. The largest absolute Gasteiger partial charge is 0.385 e. The zero-order chi connectivity index (χ0) is 21.7. The molecule has 7 heteroatoms. The summed E-state index contributed by atoms with van der Waals surface area (Å²) < 4.78 is 21.0. The number of amides is 1. The summed E-state index contributed by atoms with van der Waals surface area (Å²) in [5.41, 5.74) is 1.35. The predicted molar refractivity (Wildman–Crippen MR) is 115 cm³/mol. The molecule has 1 aromatic heterocycles. The second-order valence-corrected chi connectivity index (χ2v) is 8.15. The van der Waals surface area contributed by atoms with Crippen molar-refractivity contribution in [1.29, 1.82) is 5.26 Å². The maximum Gasteiger partial charge on any atom is 0.272 e. The number of nitrogens with zero attached hydrogens (tertiary/aromatic N) is 3. The van der Waals surface area contributed by atoms with Gasteiger partial charge in [-0.1, -0.05) is 0 Å². The van der Waals surface area contributed by atoms with Crippen LogP contribution in [0.2, 0.25) is 0 Å². The van der Waals surface area contributed by atoms with Crippen molar-refractivity contribution in [2.24, 2.45) is 0 Å². The summed E-state index contributed by atoms with van der Waals surface area (Å²) in [7, 11) is 1.66. The van der Waals surface area contributed by atoms with Gasteiger partial charge in [0, 0.05) is 44.3 Å². The molecular formula is C23H31FN4O2. The summed E-state index contributed by atoms with van der Waals surface area (Å²) in [4.78, 5) is 15.7. The molecule has 1 amide bonds. The Balaban J connectivity index is 2.09. The lowest BCUT2D eigenvalue weighted by Gasteiger charge is -2.37. The van der Waals surface area contributed by atoms with Gasteiger partial charge in [-0.25, -0.2) is 4.39 Å². The first-order valence-electron chi connectivity index (χ1n) is 10.7. The highest BCUT2D eigenvalue weighted by atomic mass is 19.1. The van der Waals surface area contributed by atoms with E-state index in [9.17, 15) is 14.4 Å². The van der Waals surface area contributed by atoms with Gasteiger partial charge in [0.15, 0.2) is 0 Å². The van der Waals surface area contributed by atoms with E-state index in [0.717, 1.165) is 44.3 Å². The Kier molecular flexibility index (Phi) is 7.46. The number of aromatic nitrogens is 1. The molecule has 0 radical (unpaired) electrons. The summed E-state index contributed by atoms with van der Waals surface area (Å²) in [6.45, 7) is 6.92. The van der Waals surface area contributed by atoms with E-state index in [-0.39, 0.29) is 23.6 Å². The Hall–Kier alpha value is -2.43. The average molecular weight is 415 g/mol. The number of hydrogen-bond donors (Lipinski definition) is 1. The van der Waals surface area contributed by atoms with Gasteiger partial charge in [0.1, 0.15) is 17.6 Å². The zero-order valence-electron chi connectivity index (χ0n) is 18.1. The highest BCUT2D eigenvalue weighted by Gasteiger charge is 2.33. The Morgan fingerprint density at radius 1 is 1.43 bits per heavy atom. The van der Waals surface area contributed by atoms with Crippen LogP contribution in [0.3, 0.4) is 0 Å². The Morgan fingerprint density at radius 2 is 2.23 bits per heavy atom. The number of unbranched alkanes of at least 4 members (excludes halogenated alkanes) is 1. The van der Waals surface area contributed by atoms with Gasteiger partial charge in [0.05, 0.1) is 11.1 Å². The summed E-state index contributed by atoms with van der Waals surface area (Å²) in [6, 6.07) is 6.67. The van der Waals surface area contributed by atoms with Gasteiger partial charge in [0.2, 0.25) is 0 Å². The fourth-order valence-electron chi connectivity index (χ4n) is 4.43. The second-order valence-electron chi connectivity index (χ2n) is 8.15. The van der Waals surface area contributed by atoms with E-state index >= 15 is 0 Å². The number of fused-ring (bicyclic) bond motifs is 1. The summed E-state index contributed by atoms with van der Waals surface area (Å²) in [6.07, 6.45) is 3.58. The Bertz CT molecular complexity index is 925. The SMILES string of the molecule is COCCCCn1c(C(=O)N(C(C)C)[C@@H]2CCCNC2)c(C#N)c2cc(F)ccc21. The van der Waals surface area contributed by atoms with Crippen LogP contribution in [0.25, 0.3) is 10.9 Å². The molecule has 30 heavy (non-hydrogen) atoms. The molecule has 2 heterocycles. The molecule has 1 aliphatic rings. The number of carbonyl (C=O) groups excluding carboxylic acids is 1. The molecule has 6 nitrogen and oxygen atoms in total. The van der Waals surface area contributed by atoms with Crippen molar-refractivity contribution in [3.05, 3.63) is 35.3 Å². The highest BCUT2D eigenvalue weighted by molar-refractivity contribution is 6.03. The van der Waals surface area contributed by atoms with Crippen molar-refractivity contribution in [2.45, 2.75) is 58.2 Å². The maximum absolute atomic E-state index is 14.0. The normalized spacial score (nSPS) is 16.7. The molecule has 1 atom stereocenters. The van der Waals surface area contributed by atoms with Crippen molar-refractivity contribution >= 4 is 16.8 Å². The van der Waals surface area contributed by atoms with E-state index in [1.54, 1.807) is 13.2 Å². The molecule has 1 aliphatic heterocycles. The van der Waals surface area contributed by atoms with Gasteiger partial charge in [-0.15, -0.1) is 0 Å². The van der Waals surface area contributed by atoms with E-state index in [1.807, 2.05) is 23.3 Å². The number of nitrogens with one attached hydrogen (secondary N) is 1. The minimum atomic E-state index is -0.410. The third kappa shape index (κ3) is 4.50. The van der Waals surface area contributed by atoms with Crippen molar-refractivity contribution in [3.8, 4) is 6.07 Å². The molecule has 1 N–H and O–H groups in total. The first-order chi connectivity index (χ1) is 14.5. The lowest BCUT2D eigenvalue weighted by atomic mass is 10.0. The summed E-state index contributed by atoms with van der Waals surface area (Å²) in [5.74, 6) is -0.565. The molecule has 0 unspecified atom stereocenters. The Morgan fingerprint density at radius 3 is 2.87 bits per heavy atom. The molecule has 0 saturated carbocycles. The third-order valence-corrected chi connectivity index (χ3v) is 5.78. The van der Waals surface area contributed by atoms with Crippen LogP contribution >= 0.6 is 0 Å². The number of carbonyl (C=O) groups is 1. The first kappa shape index (κ1) is 22.3. The average Bonchev–Trinajstić information content (AvgIpc) is 3.04. The van der Waals surface area contributed by atoms with Crippen LogP contribution in [-0.2, 0) is 11.3 Å². The number of nitriles is 1. The number of ether oxygens (including phenoxy) is 1. The molecule has 0 bridgehead atoms. The molecule has 0 aliphatic carbocycles. The van der Waals surface area contributed by atoms with Crippen LogP contribution in [-0.4, -0.2) is 54.3 Å². The molecule has 162 valence electrons. The van der Waals surface area contributed by atoms with Gasteiger partial charge >= 0.3 is 0 Å². The number of benzene rings is 1. The fraction of sp³-hybridized carbons (Fsp3) is 0.565. The monoisotopic (exact) mass is 414 g/mol. The maximum atomic E-state index is 14.0. The van der Waals surface area contributed by atoms with Crippen LogP contribution < -0.4 is 5.32 Å². The van der Waals surface area contributed by atoms with Crippen LogP contribution in [0.4, 0.5) is 4.39 Å². The van der Waals surface area contributed by atoms with Crippen LogP contribution in [0.5, 0.6) is 0 Å². The molecule has 1 aromatic carbocycles. The number of halogens is 1. The van der Waals surface area contributed by atoms with E-state index in [2.05, 4.69) is 11.4 Å². The van der Waals surface area contributed by atoms with Gasteiger partial charge in [-0.2, -0.15) is 5.26 Å². The predicted octanol–water partition coefficient (Wildman–Crippen LogP) is 3.68. The minimum Gasteiger partial charge on any atom is -0.385 e. The minimum absolute atomic E-state index is 0.00867. The lowest BCUT2D eigenvalue weighted by molar-refractivity contribution is 0.0562.